The maximum absolute atomic E-state index is 5.92. The van der Waals surface area contributed by atoms with Crippen LogP contribution in [0.3, 0.4) is 0 Å². The fourth-order valence-electron chi connectivity index (χ4n) is 1.81. The molecule has 100 valence electrons. The molecule has 0 radical (unpaired) electrons. The van der Waals surface area contributed by atoms with E-state index >= 15 is 0 Å². The standard InChI is InChI=1S/C15H18BrN3/c1-2-14(17)7-12-9-18-15(19-10-12)8-11-3-5-13(16)6-4-11/h3-6,9-10,14H,2,7-8,17H2,1H3. The van der Waals surface area contributed by atoms with Crippen LogP contribution in [-0.2, 0) is 12.8 Å². The Morgan fingerprint density at radius 3 is 2.32 bits per heavy atom. The van der Waals surface area contributed by atoms with Gasteiger partial charge < -0.3 is 5.73 Å². The highest BCUT2D eigenvalue weighted by molar-refractivity contribution is 9.10. The van der Waals surface area contributed by atoms with Crippen molar-refractivity contribution in [2.24, 2.45) is 5.73 Å². The van der Waals surface area contributed by atoms with Crippen LogP contribution in [0.2, 0.25) is 0 Å². The van der Waals surface area contributed by atoms with Gasteiger partial charge in [-0.25, -0.2) is 9.97 Å². The predicted molar refractivity (Wildman–Crippen MR) is 81.0 cm³/mol. The Balaban J connectivity index is 2.00. The first-order chi connectivity index (χ1) is 9.17. The summed E-state index contributed by atoms with van der Waals surface area (Å²) in [4.78, 5) is 8.81. The van der Waals surface area contributed by atoms with Crippen molar-refractivity contribution in [1.29, 1.82) is 0 Å². The van der Waals surface area contributed by atoms with Crippen LogP contribution in [0.15, 0.2) is 41.1 Å². The van der Waals surface area contributed by atoms with Gasteiger partial charge in [0, 0.05) is 29.3 Å². The minimum atomic E-state index is 0.195. The molecule has 0 aliphatic heterocycles. The fraction of sp³-hybridized carbons (Fsp3) is 0.333. The van der Waals surface area contributed by atoms with Crippen molar-refractivity contribution in [2.45, 2.75) is 32.2 Å². The number of aromatic nitrogens is 2. The lowest BCUT2D eigenvalue weighted by atomic mass is 10.1. The average Bonchev–Trinajstić information content (AvgIpc) is 2.43. The molecular formula is C15H18BrN3. The molecule has 4 heteroatoms. The van der Waals surface area contributed by atoms with Crippen LogP contribution in [0.25, 0.3) is 0 Å². The second-order valence-electron chi connectivity index (χ2n) is 4.68. The van der Waals surface area contributed by atoms with Crippen LogP contribution in [0.1, 0.15) is 30.3 Å². The SMILES string of the molecule is CCC(N)Cc1cnc(Cc2ccc(Br)cc2)nc1. The third kappa shape index (κ3) is 4.40. The Bertz CT molecular complexity index is 508. The number of hydrogen-bond acceptors (Lipinski definition) is 3. The molecule has 3 nitrogen and oxygen atoms in total. The summed E-state index contributed by atoms with van der Waals surface area (Å²) in [5, 5.41) is 0. The second-order valence-corrected chi connectivity index (χ2v) is 5.60. The zero-order valence-corrected chi connectivity index (χ0v) is 12.6. The van der Waals surface area contributed by atoms with Crippen molar-refractivity contribution < 1.29 is 0 Å². The lowest BCUT2D eigenvalue weighted by Crippen LogP contribution is -2.21. The maximum atomic E-state index is 5.92. The van der Waals surface area contributed by atoms with Crippen molar-refractivity contribution in [3.63, 3.8) is 0 Å². The highest BCUT2D eigenvalue weighted by Gasteiger charge is 2.04. The van der Waals surface area contributed by atoms with Gasteiger partial charge in [0.2, 0.25) is 0 Å². The third-order valence-corrected chi connectivity index (χ3v) is 3.59. The highest BCUT2D eigenvalue weighted by atomic mass is 79.9. The number of benzene rings is 1. The molecule has 0 aliphatic rings. The molecule has 1 heterocycles. The van der Waals surface area contributed by atoms with E-state index in [0.29, 0.717) is 0 Å². The molecule has 0 spiro atoms. The molecule has 0 fully saturated rings. The summed E-state index contributed by atoms with van der Waals surface area (Å²) in [6, 6.07) is 8.41. The van der Waals surface area contributed by atoms with Crippen LogP contribution < -0.4 is 5.73 Å². The minimum Gasteiger partial charge on any atom is -0.327 e. The average molecular weight is 320 g/mol. The van der Waals surface area contributed by atoms with E-state index in [1.165, 1.54) is 5.56 Å². The van der Waals surface area contributed by atoms with Crippen LogP contribution in [0, 0.1) is 0 Å². The fourth-order valence-corrected chi connectivity index (χ4v) is 2.07. The Morgan fingerprint density at radius 2 is 1.74 bits per heavy atom. The third-order valence-electron chi connectivity index (χ3n) is 3.06. The van der Waals surface area contributed by atoms with Gasteiger partial charge in [0.25, 0.3) is 0 Å². The molecule has 0 saturated heterocycles. The molecule has 0 bridgehead atoms. The number of rotatable bonds is 5. The molecular weight excluding hydrogens is 302 g/mol. The van der Waals surface area contributed by atoms with Gasteiger partial charge in [-0.2, -0.15) is 0 Å². The van der Waals surface area contributed by atoms with Gasteiger partial charge in [0.05, 0.1) is 0 Å². The number of hydrogen-bond donors (Lipinski definition) is 1. The van der Waals surface area contributed by atoms with Gasteiger partial charge >= 0.3 is 0 Å². The second kappa shape index (κ2) is 6.78. The maximum Gasteiger partial charge on any atom is 0.132 e. The van der Waals surface area contributed by atoms with E-state index in [-0.39, 0.29) is 6.04 Å². The Kier molecular flexibility index (Phi) is 5.05. The zero-order valence-electron chi connectivity index (χ0n) is 11.0. The van der Waals surface area contributed by atoms with E-state index in [9.17, 15) is 0 Å². The number of nitrogens with two attached hydrogens (primary N) is 1. The summed E-state index contributed by atoms with van der Waals surface area (Å²) < 4.78 is 1.08. The van der Waals surface area contributed by atoms with Crippen LogP contribution in [0.4, 0.5) is 0 Å². The monoisotopic (exact) mass is 319 g/mol. The highest BCUT2D eigenvalue weighted by Crippen LogP contribution is 2.12. The molecule has 0 aliphatic carbocycles. The van der Waals surface area contributed by atoms with Gasteiger partial charge in [-0.3, -0.25) is 0 Å². The molecule has 0 amide bonds. The van der Waals surface area contributed by atoms with Crippen molar-refractivity contribution in [1.82, 2.24) is 9.97 Å². The molecule has 2 rings (SSSR count). The molecule has 1 unspecified atom stereocenters. The molecule has 19 heavy (non-hydrogen) atoms. The first-order valence-corrected chi connectivity index (χ1v) is 7.26. The molecule has 2 aromatic rings. The van der Waals surface area contributed by atoms with Gasteiger partial charge in [-0.05, 0) is 36.1 Å². The van der Waals surface area contributed by atoms with Gasteiger partial charge in [0.1, 0.15) is 5.82 Å². The molecule has 0 saturated carbocycles. The van der Waals surface area contributed by atoms with E-state index in [2.05, 4.69) is 45.0 Å². The van der Waals surface area contributed by atoms with E-state index in [1.807, 2.05) is 24.5 Å². The van der Waals surface area contributed by atoms with Crippen LogP contribution >= 0.6 is 15.9 Å². The van der Waals surface area contributed by atoms with Crippen molar-refractivity contribution in [3.05, 3.63) is 58.1 Å². The summed E-state index contributed by atoms with van der Waals surface area (Å²) in [7, 11) is 0. The summed E-state index contributed by atoms with van der Waals surface area (Å²) in [6.07, 6.45) is 6.34. The quantitative estimate of drug-likeness (QED) is 0.921. The summed E-state index contributed by atoms with van der Waals surface area (Å²) in [5.41, 5.74) is 8.24. The summed E-state index contributed by atoms with van der Waals surface area (Å²) >= 11 is 3.43. The number of halogens is 1. The molecule has 1 aromatic carbocycles. The Hall–Kier alpha value is -1.26. The van der Waals surface area contributed by atoms with E-state index in [1.54, 1.807) is 0 Å². The minimum absolute atomic E-state index is 0.195. The largest absolute Gasteiger partial charge is 0.327 e. The number of nitrogens with zero attached hydrogens (tertiary/aromatic N) is 2. The van der Waals surface area contributed by atoms with Crippen molar-refractivity contribution >= 4 is 15.9 Å². The van der Waals surface area contributed by atoms with E-state index < -0.39 is 0 Å². The van der Waals surface area contributed by atoms with Crippen LogP contribution in [0.5, 0.6) is 0 Å². The van der Waals surface area contributed by atoms with Crippen molar-refractivity contribution in [3.8, 4) is 0 Å². The molecule has 2 N–H and O–H groups in total. The van der Waals surface area contributed by atoms with Gasteiger partial charge in [-0.1, -0.05) is 35.0 Å². The smallest absolute Gasteiger partial charge is 0.132 e. The van der Waals surface area contributed by atoms with Gasteiger partial charge in [-0.15, -0.1) is 0 Å². The first-order valence-electron chi connectivity index (χ1n) is 6.47. The lowest BCUT2D eigenvalue weighted by Gasteiger charge is -2.08. The summed E-state index contributed by atoms with van der Waals surface area (Å²) in [5.74, 6) is 0.844. The van der Waals surface area contributed by atoms with Gasteiger partial charge in [0.15, 0.2) is 0 Å². The van der Waals surface area contributed by atoms with E-state index in [0.717, 1.165) is 35.1 Å². The normalized spacial score (nSPS) is 12.4. The zero-order chi connectivity index (χ0) is 13.7. The first kappa shape index (κ1) is 14.2. The lowest BCUT2D eigenvalue weighted by molar-refractivity contribution is 0.642. The van der Waals surface area contributed by atoms with Crippen molar-refractivity contribution in [2.75, 3.05) is 0 Å². The molecule has 1 atom stereocenters. The van der Waals surface area contributed by atoms with E-state index in [4.69, 9.17) is 5.73 Å². The predicted octanol–water partition coefficient (Wildman–Crippen LogP) is 3.11. The summed E-state index contributed by atoms with van der Waals surface area (Å²) in [6.45, 7) is 2.09. The topological polar surface area (TPSA) is 51.8 Å². The van der Waals surface area contributed by atoms with Crippen LogP contribution in [-0.4, -0.2) is 16.0 Å². The Morgan fingerprint density at radius 1 is 1.11 bits per heavy atom. The molecule has 1 aromatic heterocycles. The Labute approximate surface area is 122 Å².